The third kappa shape index (κ3) is 13.6. The molecular formula is C26H42O2. The lowest BCUT2D eigenvalue weighted by molar-refractivity contribution is -0.140. The van der Waals surface area contributed by atoms with E-state index in [4.69, 9.17) is 0 Å². The highest BCUT2D eigenvalue weighted by Gasteiger charge is 2.12. The Bertz CT molecular complexity index is 506. The molecule has 0 saturated heterocycles. The molecule has 1 N–H and O–H groups in total. The van der Waals surface area contributed by atoms with Gasteiger partial charge in [0.2, 0.25) is 0 Å². The molecule has 1 aromatic carbocycles. The van der Waals surface area contributed by atoms with E-state index in [9.17, 15) is 9.90 Å². The molecule has 1 atom stereocenters. The monoisotopic (exact) mass is 386 g/mol. The number of carboxylic acid groups (broad SMARTS) is 1. The van der Waals surface area contributed by atoms with Gasteiger partial charge in [-0.25, -0.2) is 0 Å². The summed E-state index contributed by atoms with van der Waals surface area (Å²) in [5.41, 5.74) is 1.06. The highest BCUT2D eigenvalue weighted by atomic mass is 16.4. The van der Waals surface area contributed by atoms with Gasteiger partial charge in [0, 0.05) is 0 Å². The summed E-state index contributed by atoms with van der Waals surface area (Å²) in [4.78, 5) is 11.4. The van der Waals surface area contributed by atoms with Crippen LogP contribution in [0.25, 0.3) is 6.08 Å². The van der Waals surface area contributed by atoms with Crippen molar-refractivity contribution in [2.45, 2.75) is 103 Å². The number of aliphatic carboxylic acids is 1. The molecule has 0 radical (unpaired) electrons. The molecule has 0 aliphatic carbocycles. The zero-order valence-corrected chi connectivity index (χ0v) is 18.1. The number of hydrogen-bond acceptors (Lipinski definition) is 1. The van der Waals surface area contributed by atoms with Crippen molar-refractivity contribution < 1.29 is 9.90 Å². The van der Waals surface area contributed by atoms with Crippen molar-refractivity contribution >= 4 is 12.0 Å². The van der Waals surface area contributed by atoms with Crippen LogP contribution < -0.4 is 0 Å². The number of benzene rings is 1. The maximum Gasteiger partial charge on any atom is 0.310 e. The normalized spacial score (nSPS) is 12.5. The number of carboxylic acids is 1. The molecule has 0 heterocycles. The van der Waals surface area contributed by atoms with Gasteiger partial charge in [-0.2, -0.15) is 0 Å². The smallest absolute Gasteiger partial charge is 0.310 e. The van der Waals surface area contributed by atoms with E-state index in [0.29, 0.717) is 0 Å². The van der Waals surface area contributed by atoms with Crippen molar-refractivity contribution in [3.63, 3.8) is 0 Å². The first kappa shape index (κ1) is 24.5. The van der Waals surface area contributed by atoms with Gasteiger partial charge in [-0.3, -0.25) is 4.79 Å². The second kappa shape index (κ2) is 17.5. The fourth-order valence-electron chi connectivity index (χ4n) is 3.65. The Kier molecular flexibility index (Phi) is 15.3. The van der Waals surface area contributed by atoms with Gasteiger partial charge in [-0.05, 0) is 12.0 Å². The quantitative estimate of drug-likeness (QED) is 0.258. The summed E-state index contributed by atoms with van der Waals surface area (Å²) in [6.45, 7) is 2.27. The molecule has 0 fully saturated rings. The molecule has 0 aliphatic heterocycles. The van der Waals surface area contributed by atoms with E-state index >= 15 is 0 Å². The van der Waals surface area contributed by atoms with E-state index < -0.39 is 5.97 Å². The zero-order valence-electron chi connectivity index (χ0n) is 18.1. The van der Waals surface area contributed by atoms with Crippen LogP contribution in [0.1, 0.15) is 109 Å². The molecule has 158 valence electrons. The Labute approximate surface area is 173 Å². The van der Waals surface area contributed by atoms with E-state index in [1.807, 2.05) is 42.5 Å². The van der Waals surface area contributed by atoms with Gasteiger partial charge in [-0.1, -0.05) is 139 Å². The van der Waals surface area contributed by atoms with Gasteiger partial charge >= 0.3 is 5.97 Å². The van der Waals surface area contributed by atoms with Crippen LogP contribution in [0.15, 0.2) is 36.4 Å². The van der Waals surface area contributed by atoms with Gasteiger partial charge in [0.1, 0.15) is 0 Å². The van der Waals surface area contributed by atoms with E-state index in [-0.39, 0.29) is 5.92 Å². The minimum Gasteiger partial charge on any atom is -0.481 e. The molecule has 2 heteroatoms. The third-order valence-electron chi connectivity index (χ3n) is 5.51. The van der Waals surface area contributed by atoms with E-state index in [1.54, 1.807) is 0 Å². The summed E-state index contributed by atoms with van der Waals surface area (Å²) in [6, 6.07) is 9.93. The van der Waals surface area contributed by atoms with Crippen LogP contribution in [0.2, 0.25) is 0 Å². The number of hydrogen-bond donors (Lipinski definition) is 1. The van der Waals surface area contributed by atoms with Crippen LogP contribution in [0, 0.1) is 5.92 Å². The highest BCUT2D eigenvalue weighted by Crippen LogP contribution is 2.17. The molecule has 0 saturated carbocycles. The van der Waals surface area contributed by atoms with E-state index in [1.165, 1.54) is 77.0 Å². The van der Waals surface area contributed by atoms with Gasteiger partial charge in [0.25, 0.3) is 0 Å². The predicted octanol–water partition coefficient (Wildman–Crippen LogP) is 8.27. The van der Waals surface area contributed by atoms with Crippen molar-refractivity contribution in [1.29, 1.82) is 0 Å². The first-order valence-electron chi connectivity index (χ1n) is 11.7. The molecule has 1 unspecified atom stereocenters. The van der Waals surface area contributed by atoms with Gasteiger partial charge in [0.05, 0.1) is 5.92 Å². The van der Waals surface area contributed by atoms with Gasteiger partial charge in [-0.15, -0.1) is 0 Å². The molecule has 2 nitrogen and oxygen atoms in total. The molecule has 0 spiro atoms. The fraction of sp³-hybridized carbons (Fsp3) is 0.654. The van der Waals surface area contributed by atoms with Crippen LogP contribution >= 0.6 is 0 Å². The molecule has 0 bridgehead atoms. The number of rotatable bonds is 18. The zero-order chi connectivity index (χ0) is 20.3. The van der Waals surface area contributed by atoms with Crippen LogP contribution in [0.3, 0.4) is 0 Å². The largest absolute Gasteiger partial charge is 0.481 e. The topological polar surface area (TPSA) is 37.3 Å². The van der Waals surface area contributed by atoms with Crippen molar-refractivity contribution in [3.8, 4) is 0 Å². The Morgan fingerprint density at radius 1 is 0.786 bits per heavy atom. The molecule has 1 rings (SSSR count). The molecule has 28 heavy (non-hydrogen) atoms. The average Bonchev–Trinajstić information content (AvgIpc) is 2.71. The van der Waals surface area contributed by atoms with Gasteiger partial charge in [0.15, 0.2) is 0 Å². The van der Waals surface area contributed by atoms with E-state index in [0.717, 1.165) is 24.8 Å². The lowest BCUT2D eigenvalue weighted by Gasteiger charge is -2.08. The Hall–Kier alpha value is -1.57. The van der Waals surface area contributed by atoms with E-state index in [2.05, 4.69) is 6.92 Å². The standard InChI is InChI=1S/C26H42O2/c1-2-3-4-5-6-7-8-9-10-11-12-13-14-18-21-25(26(27)28)23-22-24-19-16-15-17-20-24/h15-17,19-20,22-23,25H,2-14,18,21H2,1H3,(H,27,28). The SMILES string of the molecule is CCCCCCCCCCCCCCCCC(C=Cc1ccccc1)C(=O)O. The molecule has 0 aromatic heterocycles. The summed E-state index contributed by atoms with van der Waals surface area (Å²) in [7, 11) is 0. The van der Waals surface area contributed by atoms with Crippen molar-refractivity contribution in [3.05, 3.63) is 42.0 Å². The highest BCUT2D eigenvalue weighted by molar-refractivity contribution is 5.73. The van der Waals surface area contributed by atoms with Crippen LogP contribution in [0.5, 0.6) is 0 Å². The lowest BCUT2D eigenvalue weighted by atomic mass is 9.98. The van der Waals surface area contributed by atoms with Crippen LogP contribution in [-0.2, 0) is 4.79 Å². The van der Waals surface area contributed by atoms with Crippen LogP contribution in [-0.4, -0.2) is 11.1 Å². The molecule has 1 aromatic rings. The fourth-order valence-corrected chi connectivity index (χ4v) is 3.65. The summed E-state index contributed by atoms with van der Waals surface area (Å²) in [5, 5.41) is 9.40. The minimum atomic E-state index is -0.707. The minimum absolute atomic E-state index is 0.363. The lowest BCUT2D eigenvalue weighted by Crippen LogP contribution is -2.10. The summed E-state index contributed by atoms with van der Waals surface area (Å²) in [6.07, 6.45) is 23.1. The molecule has 0 aliphatic rings. The van der Waals surface area contributed by atoms with Crippen LogP contribution in [0.4, 0.5) is 0 Å². The third-order valence-corrected chi connectivity index (χ3v) is 5.51. The molecule has 0 amide bonds. The first-order valence-corrected chi connectivity index (χ1v) is 11.7. The summed E-state index contributed by atoms with van der Waals surface area (Å²) in [5.74, 6) is -1.07. The Morgan fingerprint density at radius 3 is 1.71 bits per heavy atom. The Balaban J connectivity index is 1.97. The summed E-state index contributed by atoms with van der Waals surface area (Å²) < 4.78 is 0. The first-order chi connectivity index (χ1) is 13.7. The maximum absolute atomic E-state index is 11.4. The van der Waals surface area contributed by atoms with Gasteiger partial charge < -0.3 is 5.11 Å². The Morgan fingerprint density at radius 2 is 1.25 bits per heavy atom. The van der Waals surface area contributed by atoms with Crippen molar-refractivity contribution in [2.75, 3.05) is 0 Å². The van der Waals surface area contributed by atoms with Crippen molar-refractivity contribution in [1.82, 2.24) is 0 Å². The second-order valence-corrected chi connectivity index (χ2v) is 8.10. The number of carbonyl (C=O) groups is 1. The predicted molar refractivity (Wildman–Crippen MR) is 122 cm³/mol. The van der Waals surface area contributed by atoms with Crippen molar-refractivity contribution in [2.24, 2.45) is 5.92 Å². The summed E-state index contributed by atoms with van der Waals surface area (Å²) >= 11 is 0. The number of unbranched alkanes of at least 4 members (excludes halogenated alkanes) is 13. The molecular weight excluding hydrogens is 344 g/mol. The second-order valence-electron chi connectivity index (χ2n) is 8.10. The maximum atomic E-state index is 11.4. The average molecular weight is 387 g/mol.